The van der Waals surface area contributed by atoms with E-state index in [9.17, 15) is 0 Å². The first-order valence-corrected chi connectivity index (χ1v) is 5.72. The highest BCUT2D eigenvalue weighted by molar-refractivity contribution is 5.30. The molecular weight excluding hydrogens is 182 g/mol. The molecule has 0 radical (unpaired) electrons. The van der Waals surface area contributed by atoms with Gasteiger partial charge < -0.3 is 0 Å². The number of rotatable bonds is 4. The molecule has 0 aliphatic heterocycles. The molecular formula is C14H19N. The molecule has 0 saturated heterocycles. The second kappa shape index (κ2) is 5.56. The second-order valence-electron chi connectivity index (χ2n) is 4.07. The van der Waals surface area contributed by atoms with Gasteiger partial charge in [0, 0.05) is 0 Å². The van der Waals surface area contributed by atoms with E-state index in [-0.39, 0.29) is 5.92 Å². The van der Waals surface area contributed by atoms with E-state index >= 15 is 0 Å². The molecule has 1 aromatic carbocycles. The Morgan fingerprint density at radius 3 is 2.00 bits per heavy atom. The maximum atomic E-state index is 8.95. The molecule has 1 heteroatoms. The number of hydrogen-bond acceptors (Lipinski definition) is 1. The van der Waals surface area contributed by atoms with Crippen molar-refractivity contribution in [2.45, 2.75) is 45.4 Å². The molecule has 1 nitrogen and oxygen atoms in total. The van der Waals surface area contributed by atoms with Gasteiger partial charge in [-0.15, -0.1) is 0 Å². The first kappa shape index (κ1) is 11.8. The Kier molecular flexibility index (Phi) is 4.37. The Hall–Kier alpha value is -1.29. The van der Waals surface area contributed by atoms with Crippen molar-refractivity contribution < 1.29 is 0 Å². The standard InChI is InChI=1S/C14H19N/c1-4-11(3)13-6-8-14(9-7-13)12(5-2)10-15/h6-9,11-12H,4-5H2,1-3H3. The lowest BCUT2D eigenvalue weighted by Crippen LogP contribution is -1.96. The van der Waals surface area contributed by atoms with E-state index in [0.717, 1.165) is 18.4 Å². The van der Waals surface area contributed by atoms with E-state index in [0.29, 0.717) is 5.92 Å². The molecule has 0 N–H and O–H groups in total. The highest BCUT2D eigenvalue weighted by Crippen LogP contribution is 2.23. The average Bonchev–Trinajstić information content (AvgIpc) is 2.30. The third kappa shape index (κ3) is 2.83. The van der Waals surface area contributed by atoms with Crippen molar-refractivity contribution in [2.24, 2.45) is 0 Å². The van der Waals surface area contributed by atoms with Crippen molar-refractivity contribution in [3.8, 4) is 6.07 Å². The Labute approximate surface area is 92.7 Å². The fourth-order valence-corrected chi connectivity index (χ4v) is 1.69. The van der Waals surface area contributed by atoms with Crippen LogP contribution >= 0.6 is 0 Å². The van der Waals surface area contributed by atoms with Gasteiger partial charge in [0.1, 0.15) is 0 Å². The first-order valence-electron chi connectivity index (χ1n) is 5.72. The Bertz CT molecular complexity index is 331. The normalized spacial score (nSPS) is 14.3. The lowest BCUT2D eigenvalue weighted by atomic mass is 9.93. The molecule has 2 unspecified atom stereocenters. The first-order chi connectivity index (χ1) is 7.22. The predicted octanol–water partition coefficient (Wildman–Crippen LogP) is 4.22. The zero-order valence-electron chi connectivity index (χ0n) is 9.83. The van der Waals surface area contributed by atoms with Crippen LogP contribution in [0.25, 0.3) is 0 Å². The van der Waals surface area contributed by atoms with Gasteiger partial charge in [0.2, 0.25) is 0 Å². The number of nitrogens with zero attached hydrogens (tertiary/aromatic N) is 1. The average molecular weight is 201 g/mol. The number of hydrogen-bond donors (Lipinski definition) is 0. The highest BCUT2D eigenvalue weighted by Gasteiger charge is 2.08. The fourth-order valence-electron chi connectivity index (χ4n) is 1.69. The molecule has 0 bridgehead atoms. The molecule has 0 aromatic heterocycles. The Morgan fingerprint density at radius 1 is 1.07 bits per heavy atom. The third-order valence-electron chi connectivity index (χ3n) is 3.08. The summed E-state index contributed by atoms with van der Waals surface area (Å²) in [6, 6.07) is 10.8. The highest BCUT2D eigenvalue weighted by atomic mass is 14.3. The van der Waals surface area contributed by atoms with Gasteiger partial charge in [-0.1, -0.05) is 45.0 Å². The molecule has 0 saturated carbocycles. The summed E-state index contributed by atoms with van der Waals surface area (Å²) < 4.78 is 0. The fraction of sp³-hybridized carbons (Fsp3) is 0.500. The van der Waals surface area contributed by atoms with Crippen LogP contribution in [0.4, 0.5) is 0 Å². The number of benzene rings is 1. The summed E-state index contributed by atoms with van der Waals surface area (Å²) in [7, 11) is 0. The maximum Gasteiger partial charge on any atom is 0.0710 e. The van der Waals surface area contributed by atoms with Crippen molar-refractivity contribution >= 4 is 0 Å². The Morgan fingerprint density at radius 2 is 1.60 bits per heavy atom. The van der Waals surface area contributed by atoms with Crippen LogP contribution in [0.1, 0.15) is 56.6 Å². The predicted molar refractivity (Wildman–Crippen MR) is 63.8 cm³/mol. The molecule has 0 spiro atoms. The van der Waals surface area contributed by atoms with Crippen LogP contribution in [0.3, 0.4) is 0 Å². The maximum absolute atomic E-state index is 8.95. The molecule has 0 fully saturated rings. The zero-order chi connectivity index (χ0) is 11.3. The largest absolute Gasteiger partial charge is 0.198 e. The number of nitriles is 1. The van der Waals surface area contributed by atoms with Crippen LogP contribution < -0.4 is 0 Å². The quantitative estimate of drug-likeness (QED) is 0.715. The third-order valence-corrected chi connectivity index (χ3v) is 3.08. The van der Waals surface area contributed by atoms with Crippen LogP contribution in [0.15, 0.2) is 24.3 Å². The van der Waals surface area contributed by atoms with Crippen LogP contribution in [0.5, 0.6) is 0 Å². The van der Waals surface area contributed by atoms with Crippen LogP contribution in [0, 0.1) is 11.3 Å². The summed E-state index contributed by atoms with van der Waals surface area (Å²) >= 11 is 0. The minimum Gasteiger partial charge on any atom is -0.198 e. The molecule has 2 atom stereocenters. The second-order valence-corrected chi connectivity index (χ2v) is 4.07. The molecule has 0 amide bonds. The monoisotopic (exact) mass is 201 g/mol. The van der Waals surface area contributed by atoms with Crippen LogP contribution in [-0.4, -0.2) is 0 Å². The summed E-state index contributed by atoms with van der Waals surface area (Å²) in [5.74, 6) is 0.664. The van der Waals surface area contributed by atoms with Crippen molar-refractivity contribution in [1.82, 2.24) is 0 Å². The van der Waals surface area contributed by atoms with Crippen molar-refractivity contribution in [2.75, 3.05) is 0 Å². The van der Waals surface area contributed by atoms with Gasteiger partial charge in [-0.25, -0.2) is 0 Å². The lowest BCUT2D eigenvalue weighted by molar-refractivity contribution is 0.731. The molecule has 1 aromatic rings. The minimum atomic E-state index is 0.0518. The topological polar surface area (TPSA) is 23.8 Å². The van der Waals surface area contributed by atoms with Gasteiger partial charge in [0.05, 0.1) is 12.0 Å². The summed E-state index contributed by atoms with van der Waals surface area (Å²) in [5.41, 5.74) is 2.51. The summed E-state index contributed by atoms with van der Waals surface area (Å²) in [6.45, 7) is 6.48. The van der Waals surface area contributed by atoms with E-state index in [1.54, 1.807) is 0 Å². The SMILES string of the molecule is CCC(C)c1ccc(C(C#N)CC)cc1. The molecule has 0 heterocycles. The van der Waals surface area contributed by atoms with Crippen LogP contribution in [0.2, 0.25) is 0 Å². The molecule has 0 aliphatic carbocycles. The zero-order valence-corrected chi connectivity index (χ0v) is 9.83. The van der Waals surface area contributed by atoms with E-state index in [1.807, 2.05) is 0 Å². The summed E-state index contributed by atoms with van der Waals surface area (Å²) in [5, 5.41) is 8.95. The van der Waals surface area contributed by atoms with E-state index in [1.165, 1.54) is 5.56 Å². The van der Waals surface area contributed by atoms with E-state index in [2.05, 4.69) is 51.1 Å². The van der Waals surface area contributed by atoms with Gasteiger partial charge in [0.15, 0.2) is 0 Å². The molecule has 80 valence electrons. The molecule has 1 rings (SSSR count). The minimum absolute atomic E-state index is 0.0518. The summed E-state index contributed by atoms with van der Waals surface area (Å²) in [4.78, 5) is 0. The Balaban J connectivity index is 2.85. The van der Waals surface area contributed by atoms with Gasteiger partial charge in [-0.05, 0) is 29.9 Å². The van der Waals surface area contributed by atoms with E-state index < -0.39 is 0 Å². The van der Waals surface area contributed by atoms with Crippen LogP contribution in [-0.2, 0) is 0 Å². The van der Waals surface area contributed by atoms with Crippen molar-refractivity contribution in [3.05, 3.63) is 35.4 Å². The van der Waals surface area contributed by atoms with Gasteiger partial charge >= 0.3 is 0 Å². The molecule has 15 heavy (non-hydrogen) atoms. The summed E-state index contributed by atoms with van der Waals surface area (Å²) in [6.07, 6.45) is 2.05. The van der Waals surface area contributed by atoms with Gasteiger partial charge in [-0.3, -0.25) is 0 Å². The smallest absolute Gasteiger partial charge is 0.0710 e. The van der Waals surface area contributed by atoms with Gasteiger partial charge in [-0.2, -0.15) is 5.26 Å². The van der Waals surface area contributed by atoms with E-state index in [4.69, 9.17) is 5.26 Å². The van der Waals surface area contributed by atoms with Crippen molar-refractivity contribution in [1.29, 1.82) is 5.26 Å². The molecule has 0 aliphatic rings. The van der Waals surface area contributed by atoms with Gasteiger partial charge in [0.25, 0.3) is 0 Å². The van der Waals surface area contributed by atoms with Crippen molar-refractivity contribution in [3.63, 3.8) is 0 Å². The lowest BCUT2D eigenvalue weighted by Gasteiger charge is -2.11.